The number of imide groups is 1. The Hall–Kier alpha value is -1.79. The van der Waals surface area contributed by atoms with Crippen LogP contribution >= 0.6 is 23.2 Å². The van der Waals surface area contributed by atoms with Gasteiger partial charge in [-0.05, 0) is 31.0 Å². The van der Waals surface area contributed by atoms with E-state index < -0.39 is 6.03 Å². The number of amides is 4. The number of benzene rings is 1. The summed E-state index contributed by atoms with van der Waals surface area (Å²) in [4.78, 5) is 35.9. The van der Waals surface area contributed by atoms with Gasteiger partial charge >= 0.3 is 6.03 Å². The Labute approximate surface area is 144 Å². The number of urea groups is 1. The van der Waals surface area contributed by atoms with Crippen LogP contribution in [-0.4, -0.2) is 41.9 Å². The van der Waals surface area contributed by atoms with Gasteiger partial charge in [0.2, 0.25) is 11.8 Å². The molecule has 1 atom stereocenters. The van der Waals surface area contributed by atoms with Crippen molar-refractivity contribution in [2.24, 2.45) is 0 Å². The summed E-state index contributed by atoms with van der Waals surface area (Å²) in [5.41, 5.74) is 0.880. The number of rotatable bonds is 5. The molecule has 0 bridgehead atoms. The van der Waals surface area contributed by atoms with Gasteiger partial charge in [-0.3, -0.25) is 14.9 Å². The average molecular weight is 358 g/mol. The number of nitrogens with one attached hydrogen (secondary N) is 2. The molecule has 0 saturated carbocycles. The number of hydrogen-bond acceptors (Lipinski definition) is 3. The van der Waals surface area contributed by atoms with E-state index in [1.165, 1.54) is 4.90 Å². The molecule has 1 aromatic carbocycles. The molecule has 1 aliphatic rings. The Morgan fingerprint density at radius 2 is 2.13 bits per heavy atom. The zero-order chi connectivity index (χ0) is 17.0. The van der Waals surface area contributed by atoms with Gasteiger partial charge in [-0.25, -0.2) is 4.79 Å². The minimum absolute atomic E-state index is 0.0855. The lowest BCUT2D eigenvalue weighted by atomic mass is 10.1. The second kappa shape index (κ2) is 7.66. The van der Waals surface area contributed by atoms with Crippen molar-refractivity contribution in [1.29, 1.82) is 0 Å². The van der Waals surface area contributed by atoms with Crippen LogP contribution in [-0.2, 0) is 16.0 Å². The molecule has 2 N–H and O–H groups in total. The summed E-state index contributed by atoms with van der Waals surface area (Å²) in [5, 5.41) is 6.10. The molecule has 0 aliphatic carbocycles. The normalized spacial score (nSPS) is 16.0. The molecule has 1 heterocycles. The fraction of sp³-hybridized carbons (Fsp3) is 0.400. The quantitative estimate of drug-likeness (QED) is 0.845. The highest BCUT2D eigenvalue weighted by Gasteiger charge is 2.25. The van der Waals surface area contributed by atoms with Gasteiger partial charge in [0.1, 0.15) is 6.54 Å². The van der Waals surface area contributed by atoms with E-state index in [0.717, 1.165) is 5.56 Å². The monoisotopic (exact) mass is 357 g/mol. The molecule has 8 heteroatoms. The van der Waals surface area contributed by atoms with Crippen molar-refractivity contribution in [3.63, 3.8) is 0 Å². The smallest absolute Gasteiger partial charge is 0.324 e. The number of halogens is 2. The topological polar surface area (TPSA) is 78.5 Å². The zero-order valence-corrected chi connectivity index (χ0v) is 14.1. The summed E-state index contributed by atoms with van der Waals surface area (Å²) in [6, 6.07) is 4.52. The van der Waals surface area contributed by atoms with Gasteiger partial charge in [-0.15, -0.1) is 0 Å². The van der Waals surface area contributed by atoms with Crippen LogP contribution in [0.15, 0.2) is 18.2 Å². The van der Waals surface area contributed by atoms with Gasteiger partial charge in [0.25, 0.3) is 0 Å². The summed E-state index contributed by atoms with van der Waals surface area (Å²) in [6.45, 7) is 2.01. The molecule has 4 amide bonds. The molecule has 1 fully saturated rings. The Bertz CT molecular complexity index is 636. The number of carbonyl (C=O) groups excluding carboxylic acids is 3. The standard InChI is InChI=1S/C15H17Cl2N3O3/c1-9(6-10-2-3-11(16)7-12(10)17)18-14(22)8-20-5-4-13(21)19-15(20)23/h2-3,7,9H,4-6,8H2,1H3,(H,18,22)(H,19,21,23). The lowest BCUT2D eigenvalue weighted by Gasteiger charge is -2.26. The largest absolute Gasteiger partial charge is 0.352 e. The Kier molecular flexibility index (Phi) is 5.85. The highest BCUT2D eigenvalue weighted by atomic mass is 35.5. The summed E-state index contributed by atoms with van der Waals surface area (Å²) < 4.78 is 0. The molecule has 0 aromatic heterocycles. The minimum Gasteiger partial charge on any atom is -0.352 e. The number of nitrogens with zero attached hydrogens (tertiary/aromatic N) is 1. The van der Waals surface area contributed by atoms with Crippen LogP contribution in [0.2, 0.25) is 10.0 Å². The molecule has 0 radical (unpaired) electrons. The van der Waals surface area contributed by atoms with Crippen LogP contribution in [0.4, 0.5) is 4.79 Å². The van der Waals surface area contributed by atoms with E-state index in [2.05, 4.69) is 10.6 Å². The predicted octanol–water partition coefficient (Wildman–Crippen LogP) is 1.98. The van der Waals surface area contributed by atoms with E-state index in [1.54, 1.807) is 12.1 Å². The minimum atomic E-state index is -0.537. The van der Waals surface area contributed by atoms with Crippen LogP contribution in [0, 0.1) is 0 Å². The molecule has 2 rings (SSSR count). The Morgan fingerprint density at radius 3 is 2.78 bits per heavy atom. The SMILES string of the molecule is CC(Cc1ccc(Cl)cc1Cl)NC(=O)CN1CCC(=O)NC1=O. The molecular formula is C15H17Cl2N3O3. The first-order valence-corrected chi connectivity index (χ1v) is 7.93. The average Bonchev–Trinajstić information content (AvgIpc) is 2.45. The highest BCUT2D eigenvalue weighted by molar-refractivity contribution is 6.35. The third kappa shape index (κ3) is 5.11. The van der Waals surface area contributed by atoms with Gasteiger partial charge in [0.05, 0.1) is 0 Å². The molecule has 1 aromatic rings. The van der Waals surface area contributed by atoms with Gasteiger partial charge in [-0.1, -0.05) is 29.3 Å². The molecular weight excluding hydrogens is 341 g/mol. The summed E-state index contributed by atoms with van der Waals surface area (Å²) in [5.74, 6) is -0.607. The second-order valence-electron chi connectivity index (χ2n) is 5.43. The van der Waals surface area contributed by atoms with Crippen LogP contribution in [0.3, 0.4) is 0 Å². The van der Waals surface area contributed by atoms with Crippen molar-refractivity contribution < 1.29 is 14.4 Å². The van der Waals surface area contributed by atoms with E-state index in [-0.39, 0.29) is 37.4 Å². The van der Waals surface area contributed by atoms with Crippen molar-refractivity contribution in [1.82, 2.24) is 15.5 Å². The Morgan fingerprint density at radius 1 is 1.39 bits per heavy atom. The third-order valence-electron chi connectivity index (χ3n) is 3.43. The van der Waals surface area contributed by atoms with E-state index in [0.29, 0.717) is 16.5 Å². The predicted molar refractivity (Wildman–Crippen MR) is 87.5 cm³/mol. The van der Waals surface area contributed by atoms with Crippen LogP contribution in [0.1, 0.15) is 18.9 Å². The van der Waals surface area contributed by atoms with Crippen LogP contribution in [0.5, 0.6) is 0 Å². The van der Waals surface area contributed by atoms with Crippen molar-refractivity contribution in [2.75, 3.05) is 13.1 Å². The first-order chi connectivity index (χ1) is 10.8. The molecule has 0 spiro atoms. The molecule has 6 nitrogen and oxygen atoms in total. The summed E-state index contributed by atoms with van der Waals surface area (Å²) >= 11 is 12.0. The van der Waals surface area contributed by atoms with Crippen molar-refractivity contribution in [3.05, 3.63) is 33.8 Å². The highest BCUT2D eigenvalue weighted by Crippen LogP contribution is 2.22. The first kappa shape index (κ1) is 17.6. The van der Waals surface area contributed by atoms with Gasteiger partial charge < -0.3 is 10.2 Å². The fourth-order valence-electron chi connectivity index (χ4n) is 2.31. The molecule has 23 heavy (non-hydrogen) atoms. The maximum Gasteiger partial charge on any atom is 0.324 e. The van der Waals surface area contributed by atoms with Crippen molar-refractivity contribution >= 4 is 41.0 Å². The van der Waals surface area contributed by atoms with Crippen LogP contribution in [0.25, 0.3) is 0 Å². The molecule has 124 valence electrons. The van der Waals surface area contributed by atoms with Crippen molar-refractivity contribution in [3.8, 4) is 0 Å². The van der Waals surface area contributed by atoms with E-state index >= 15 is 0 Å². The van der Waals surface area contributed by atoms with Crippen molar-refractivity contribution in [2.45, 2.75) is 25.8 Å². The van der Waals surface area contributed by atoms with E-state index in [1.807, 2.05) is 13.0 Å². The molecule has 1 saturated heterocycles. The maximum atomic E-state index is 12.0. The maximum absolute atomic E-state index is 12.0. The van der Waals surface area contributed by atoms with Gasteiger partial charge in [-0.2, -0.15) is 0 Å². The number of hydrogen-bond donors (Lipinski definition) is 2. The van der Waals surface area contributed by atoms with Gasteiger partial charge in [0, 0.05) is 29.1 Å². The lowest BCUT2D eigenvalue weighted by molar-refractivity contribution is -0.125. The van der Waals surface area contributed by atoms with Crippen LogP contribution < -0.4 is 10.6 Å². The molecule has 1 unspecified atom stereocenters. The van der Waals surface area contributed by atoms with Gasteiger partial charge in [0.15, 0.2) is 0 Å². The Balaban J connectivity index is 1.85. The lowest BCUT2D eigenvalue weighted by Crippen LogP contribution is -2.53. The molecule has 1 aliphatic heterocycles. The summed E-state index contributed by atoms with van der Waals surface area (Å²) in [6.07, 6.45) is 0.751. The summed E-state index contributed by atoms with van der Waals surface area (Å²) in [7, 11) is 0. The zero-order valence-electron chi connectivity index (χ0n) is 12.6. The van der Waals surface area contributed by atoms with E-state index in [9.17, 15) is 14.4 Å². The fourth-order valence-corrected chi connectivity index (χ4v) is 2.80. The third-order valence-corrected chi connectivity index (χ3v) is 4.01. The van der Waals surface area contributed by atoms with E-state index in [4.69, 9.17) is 23.2 Å². The first-order valence-electron chi connectivity index (χ1n) is 7.17. The second-order valence-corrected chi connectivity index (χ2v) is 6.28. The number of carbonyl (C=O) groups is 3.